The molecule has 36 heavy (non-hydrogen) atoms. The number of carbonyl (C=O) groups is 2. The van der Waals surface area contributed by atoms with Gasteiger partial charge < -0.3 is 30.3 Å². The van der Waals surface area contributed by atoms with Crippen LogP contribution in [0.3, 0.4) is 0 Å². The molecule has 202 valence electrons. The van der Waals surface area contributed by atoms with Crippen molar-refractivity contribution in [2.75, 3.05) is 40.8 Å². The SMILES string of the molecule is CNC(C)C(=O)NC(C(C)C)C(O)N1CCC2C1C(COc1ccc(F)c(F)c1)CN2C(=O)N(C)C. The summed E-state index contributed by atoms with van der Waals surface area (Å²) in [5.74, 6) is -2.20. The monoisotopic (exact) mass is 511 g/mol. The minimum atomic E-state index is -0.995. The quantitative estimate of drug-likeness (QED) is 0.465. The third-order valence-corrected chi connectivity index (χ3v) is 7.27. The number of aliphatic hydroxyl groups is 1. The molecule has 3 rings (SSSR count). The smallest absolute Gasteiger partial charge is 0.319 e. The van der Waals surface area contributed by atoms with Crippen LogP contribution < -0.4 is 15.4 Å². The van der Waals surface area contributed by atoms with Crippen molar-refractivity contribution in [1.29, 1.82) is 0 Å². The van der Waals surface area contributed by atoms with Gasteiger partial charge >= 0.3 is 6.03 Å². The number of nitrogens with one attached hydrogen (secondary N) is 2. The van der Waals surface area contributed by atoms with Crippen LogP contribution in [0.25, 0.3) is 0 Å². The number of carbonyl (C=O) groups excluding carboxylic acids is 2. The lowest BCUT2D eigenvalue weighted by Crippen LogP contribution is -2.59. The van der Waals surface area contributed by atoms with E-state index in [0.29, 0.717) is 19.5 Å². The van der Waals surface area contributed by atoms with Gasteiger partial charge in [0.05, 0.1) is 24.7 Å². The normalized spacial score (nSPS) is 24.4. The molecule has 0 aliphatic carbocycles. The van der Waals surface area contributed by atoms with E-state index in [4.69, 9.17) is 4.74 Å². The van der Waals surface area contributed by atoms with Crippen molar-refractivity contribution in [2.24, 2.45) is 11.8 Å². The standard InChI is InChI=1S/C25H39F2N5O4/c1-14(2)21(29-23(33)15(3)28-4)24(34)31-10-9-20-22(31)16(12-32(20)25(35)30(5)6)13-36-17-7-8-18(26)19(27)11-17/h7-8,11,14-16,20-22,24,28,34H,9-10,12-13H2,1-6H3,(H,29,33). The predicted molar refractivity (Wildman–Crippen MR) is 131 cm³/mol. The fourth-order valence-electron chi connectivity index (χ4n) is 5.16. The Balaban J connectivity index is 1.83. The van der Waals surface area contributed by atoms with Gasteiger partial charge in [-0.05, 0) is 38.4 Å². The van der Waals surface area contributed by atoms with Crippen molar-refractivity contribution < 1.29 is 28.2 Å². The molecule has 0 bridgehead atoms. The highest BCUT2D eigenvalue weighted by molar-refractivity contribution is 5.81. The Bertz CT molecular complexity index is 934. The first-order chi connectivity index (χ1) is 17.0. The van der Waals surface area contributed by atoms with E-state index in [1.54, 1.807) is 33.0 Å². The van der Waals surface area contributed by atoms with Crippen LogP contribution in [0.15, 0.2) is 18.2 Å². The first-order valence-corrected chi connectivity index (χ1v) is 12.4. The summed E-state index contributed by atoms with van der Waals surface area (Å²) in [6, 6.07) is 1.93. The van der Waals surface area contributed by atoms with E-state index in [0.717, 1.165) is 12.1 Å². The van der Waals surface area contributed by atoms with Gasteiger partial charge in [0.1, 0.15) is 12.0 Å². The predicted octanol–water partition coefficient (Wildman–Crippen LogP) is 1.47. The molecule has 0 spiro atoms. The average molecular weight is 512 g/mol. The zero-order chi connectivity index (χ0) is 26.7. The maximum absolute atomic E-state index is 13.7. The van der Waals surface area contributed by atoms with Crippen LogP contribution in [0, 0.1) is 23.5 Å². The Morgan fingerprint density at radius 2 is 1.92 bits per heavy atom. The van der Waals surface area contributed by atoms with Gasteiger partial charge in [-0.3, -0.25) is 9.69 Å². The molecule has 9 nitrogen and oxygen atoms in total. The van der Waals surface area contributed by atoms with Crippen molar-refractivity contribution in [3.63, 3.8) is 0 Å². The van der Waals surface area contributed by atoms with E-state index in [2.05, 4.69) is 10.6 Å². The maximum Gasteiger partial charge on any atom is 0.319 e. The number of hydrogen-bond acceptors (Lipinski definition) is 6. The van der Waals surface area contributed by atoms with Gasteiger partial charge in [-0.2, -0.15) is 0 Å². The van der Waals surface area contributed by atoms with E-state index in [1.807, 2.05) is 18.7 Å². The summed E-state index contributed by atoms with van der Waals surface area (Å²) in [4.78, 5) is 30.8. The zero-order valence-corrected chi connectivity index (χ0v) is 21.9. The number of rotatable bonds is 9. The summed E-state index contributed by atoms with van der Waals surface area (Å²) >= 11 is 0. The number of hydrogen-bond donors (Lipinski definition) is 3. The fourth-order valence-corrected chi connectivity index (χ4v) is 5.16. The molecule has 3 amide bonds. The Kier molecular flexibility index (Phi) is 9.13. The lowest BCUT2D eigenvalue weighted by molar-refractivity contribution is -0.127. The van der Waals surface area contributed by atoms with E-state index in [9.17, 15) is 23.5 Å². The molecular weight excluding hydrogens is 472 g/mol. The second-order valence-corrected chi connectivity index (χ2v) is 10.3. The second kappa shape index (κ2) is 11.7. The second-order valence-electron chi connectivity index (χ2n) is 10.3. The van der Waals surface area contributed by atoms with E-state index in [1.165, 1.54) is 11.0 Å². The molecule has 1 aromatic rings. The number of likely N-dealkylation sites (tertiary alicyclic amines) is 2. The molecule has 2 fully saturated rings. The van der Waals surface area contributed by atoms with Crippen LogP contribution in [0.1, 0.15) is 27.2 Å². The van der Waals surface area contributed by atoms with Crippen molar-refractivity contribution in [2.45, 2.75) is 57.6 Å². The van der Waals surface area contributed by atoms with Crippen molar-refractivity contribution in [1.82, 2.24) is 25.3 Å². The highest BCUT2D eigenvalue weighted by Crippen LogP contribution is 2.38. The van der Waals surface area contributed by atoms with Gasteiger partial charge in [-0.1, -0.05) is 13.8 Å². The summed E-state index contributed by atoms with van der Waals surface area (Å²) in [6.45, 7) is 6.71. The topological polar surface area (TPSA) is 97.4 Å². The van der Waals surface area contributed by atoms with E-state index in [-0.39, 0.29) is 48.2 Å². The highest BCUT2D eigenvalue weighted by atomic mass is 19.2. The number of halogens is 2. The fraction of sp³-hybridized carbons (Fsp3) is 0.680. The number of fused-ring (bicyclic) bond motifs is 1. The summed E-state index contributed by atoms with van der Waals surface area (Å²) < 4.78 is 32.8. The number of nitrogens with zero attached hydrogens (tertiary/aromatic N) is 3. The number of amides is 3. The summed E-state index contributed by atoms with van der Waals surface area (Å²) in [6.07, 6.45) is -0.317. The number of ether oxygens (including phenoxy) is 1. The molecule has 2 heterocycles. The van der Waals surface area contributed by atoms with Crippen LogP contribution >= 0.6 is 0 Å². The lowest BCUT2D eigenvalue weighted by Gasteiger charge is -2.38. The van der Waals surface area contributed by atoms with Gasteiger partial charge in [-0.25, -0.2) is 13.6 Å². The third-order valence-electron chi connectivity index (χ3n) is 7.27. The number of benzene rings is 1. The third kappa shape index (κ3) is 5.90. The van der Waals surface area contributed by atoms with Crippen molar-refractivity contribution in [3.8, 4) is 5.75 Å². The van der Waals surface area contributed by atoms with Crippen LogP contribution in [-0.4, -0.2) is 103 Å². The van der Waals surface area contributed by atoms with Crippen LogP contribution in [0.4, 0.5) is 13.6 Å². The van der Waals surface area contributed by atoms with Crippen molar-refractivity contribution in [3.05, 3.63) is 29.8 Å². The summed E-state index contributed by atoms with van der Waals surface area (Å²) in [7, 11) is 5.08. The van der Waals surface area contributed by atoms with Crippen LogP contribution in [-0.2, 0) is 4.79 Å². The minimum Gasteiger partial charge on any atom is -0.493 e. The maximum atomic E-state index is 13.7. The molecule has 6 unspecified atom stereocenters. The first-order valence-electron chi connectivity index (χ1n) is 12.4. The van der Waals surface area contributed by atoms with Gasteiger partial charge in [0.25, 0.3) is 0 Å². The van der Waals surface area contributed by atoms with Gasteiger partial charge in [0.15, 0.2) is 11.6 Å². The molecule has 2 aliphatic heterocycles. The molecule has 0 aromatic heterocycles. The number of aliphatic hydroxyl groups excluding tert-OH is 1. The molecule has 3 N–H and O–H groups in total. The molecule has 1 aromatic carbocycles. The lowest BCUT2D eigenvalue weighted by atomic mass is 9.97. The molecular formula is C25H39F2N5O4. The molecule has 11 heteroatoms. The number of urea groups is 1. The minimum absolute atomic E-state index is 0.0511. The Morgan fingerprint density at radius 1 is 1.22 bits per heavy atom. The zero-order valence-electron chi connectivity index (χ0n) is 21.9. The Morgan fingerprint density at radius 3 is 2.50 bits per heavy atom. The largest absolute Gasteiger partial charge is 0.493 e. The van der Waals surface area contributed by atoms with Gasteiger partial charge in [0, 0.05) is 45.2 Å². The highest BCUT2D eigenvalue weighted by Gasteiger charge is 2.53. The Labute approximate surface area is 211 Å². The van der Waals surface area contributed by atoms with E-state index >= 15 is 0 Å². The van der Waals surface area contributed by atoms with Crippen molar-refractivity contribution >= 4 is 11.9 Å². The summed E-state index contributed by atoms with van der Waals surface area (Å²) in [5, 5.41) is 17.4. The number of likely N-dealkylation sites (N-methyl/N-ethyl adjacent to an activating group) is 1. The van der Waals surface area contributed by atoms with E-state index < -0.39 is 29.9 Å². The summed E-state index contributed by atoms with van der Waals surface area (Å²) in [5.41, 5.74) is 0. The molecule has 2 aliphatic rings. The Hall–Kier alpha value is -2.50. The molecule has 2 saturated heterocycles. The average Bonchev–Trinajstić information content (AvgIpc) is 3.42. The van der Waals surface area contributed by atoms with Gasteiger partial charge in [-0.15, -0.1) is 0 Å². The first kappa shape index (κ1) is 28.1. The van der Waals surface area contributed by atoms with Crippen LogP contribution in [0.5, 0.6) is 5.75 Å². The molecule has 0 saturated carbocycles. The van der Waals surface area contributed by atoms with Crippen LogP contribution in [0.2, 0.25) is 0 Å². The molecule has 6 atom stereocenters. The molecule has 0 radical (unpaired) electrons. The van der Waals surface area contributed by atoms with Gasteiger partial charge in [0.2, 0.25) is 5.91 Å².